The molecule has 2 aromatic carbocycles. The lowest BCUT2D eigenvalue weighted by Crippen LogP contribution is -2.46. The third kappa shape index (κ3) is 8.08. The number of alkyl carbamates (subject to hydrolysis) is 1. The number of amides is 1. The predicted molar refractivity (Wildman–Crippen MR) is 137 cm³/mol. The number of benzene rings is 2. The zero-order valence-corrected chi connectivity index (χ0v) is 21.7. The minimum Gasteiger partial charge on any atom is -0.461 e. The summed E-state index contributed by atoms with van der Waals surface area (Å²) >= 11 is 6.34. The maximum absolute atomic E-state index is 13.1. The van der Waals surface area contributed by atoms with Crippen molar-refractivity contribution in [2.75, 3.05) is 0 Å². The minimum atomic E-state index is -1.45. The van der Waals surface area contributed by atoms with Crippen LogP contribution in [0.4, 0.5) is 4.79 Å². The van der Waals surface area contributed by atoms with Crippen LogP contribution in [-0.4, -0.2) is 29.7 Å². The molecule has 1 N–H and O–H groups in total. The molecule has 0 saturated heterocycles. The van der Waals surface area contributed by atoms with Gasteiger partial charge in [-0.15, -0.1) is 0 Å². The van der Waals surface area contributed by atoms with Crippen molar-refractivity contribution in [3.8, 4) is 5.75 Å². The highest BCUT2D eigenvalue weighted by Crippen LogP contribution is 2.31. The Labute approximate surface area is 218 Å². The molecule has 0 fully saturated rings. The normalized spacial score (nSPS) is 12.0. The van der Waals surface area contributed by atoms with Gasteiger partial charge in [-0.1, -0.05) is 48.9 Å². The first-order chi connectivity index (χ1) is 17.4. The van der Waals surface area contributed by atoms with Crippen LogP contribution < -0.4 is 15.7 Å². The van der Waals surface area contributed by atoms with E-state index >= 15 is 0 Å². The molecule has 196 valence electrons. The van der Waals surface area contributed by atoms with Crippen LogP contribution in [0.15, 0.2) is 57.7 Å². The van der Waals surface area contributed by atoms with Crippen molar-refractivity contribution in [2.24, 2.45) is 0 Å². The Balaban J connectivity index is 1.80. The quantitative estimate of drug-likeness (QED) is 0.247. The second-order valence-electron chi connectivity index (χ2n) is 9.19. The number of nitrogens with one attached hydrogen (secondary N) is 1. The first-order valence-electron chi connectivity index (χ1n) is 11.6. The fourth-order valence-corrected chi connectivity index (χ4v) is 3.59. The molecule has 0 radical (unpaired) electrons. The smallest absolute Gasteiger partial charge is 0.408 e. The molecule has 9 nitrogen and oxygen atoms in total. The van der Waals surface area contributed by atoms with E-state index in [1.165, 1.54) is 18.2 Å². The Kier molecular flexibility index (Phi) is 8.94. The van der Waals surface area contributed by atoms with Crippen LogP contribution in [0.2, 0.25) is 5.02 Å². The molecule has 1 unspecified atom stereocenters. The van der Waals surface area contributed by atoms with E-state index in [1.54, 1.807) is 45.0 Å². The number of rotatable bonds is 8. The topological polar surface area (TPSA) is 121 Å². The summed E-state index contributed by atoms with van der Waals surface area (Å²) in [6.07, 6.45) is -0.885. The highest BCUT2D eigenvalue weighted by atomic mass is 35.5. The van der Waals surface area contributed by atoms with E-state index in [1.807, 2.05) is 13.0 Å². The van der Waals surface area contributed by atoms with E-state index in [0.717, 1.165) is 11.1 Å². The third-order valence-electron chi connectivity index (χ3n) is 5.06. The van der Waals surface area contributed by atoms with E-state index in [-0.39, 0.29) is 23.0 Å². The summed E-state index contributed by atoms with van der Waals surface area (Å²) in [5.74, 6) is -1.84. The summed E-state index contributed by atoms with van der Waals surface area (Å²) in [4.78, 5) is 49.8. The molecule has 0 aliphatic heterocycles. The molecular weight excluding hydrogens is 502 g/mol. The number of hydrogen-bond acceptors (Lipinski definition) is 8. The van der Waals surface area contributed by atoms with Crippen molar-refractivity contribution in [3.05, 3.63) is 75.1 Å². The fraction of sp³-hybridized carbons (Fsp3) is 0.333. The predicted octanol–water partition coefficient (Wildman–Crippen LogP) is 4.94. The lowest BCUT2D eigenvalue weighted by atomic mass is 10.1. The number of halogens is 1. The van der Waals surface area contributed by atoms with Crippen molar-refractivity contribution in [2.45, 2.75) is 58.8 Å². The van der Waals surface area contributed by atoms with Crippen LogP contribution in [-0.2, 0) is 32.1 Å². The van der Waals surface area contributed by atoms with Crippen LogP contribution in [0.25, 0.3) is 11.0 Å². The highest BCUT2D eigenvalue weighted by molar-refractivity contribution is 6.33. The van der Waals surface area contributed by atoms with Crippen molar-refractivity contribution < 1.29 is 33.0 Å². The number of esters is 2. The maximum atomic E-state index is 13.1. The second kappa shape index (κ2) is 11.9. The van der Waals surface area contributed by atoms with Crippen LogP contribution in [0, 0.1) is 0 Å². The fourth-order valence-electron chi connectivity index (χ4n) is 3.38. The summed E-state index contributed by atoms with van der Waals surface area (Å²) in [6.45, 7) is 6.83. The van der Waals surface area contributed by atoms with Gasteiger partial charge in [-0.3, -0.25) is 4.79 Å². The van der Waals surface area contributed by atoms with Gasteiger partial charge >= 0.3 is 23.7 Å². The summed E-state index contributed by atoms with van der Waals surface area (Å²) in [5.41, 5.74) is 0.246. The molecule has 0 bridgehead atoms. The van der Waals surface area contributed by atoms with Crippen LogP contribution in [0.1, 0.15) is 45.2 Å². The average Bonchev–Trinajstić information content (AvgIpc) is 2.82. The van der Waals surface area contributed by atoms with E-state index in [9.17, 15) is 19.2 Å². The molecule has 0 aliphatic carbocycles. The molecule has 1 amide bonds. The number of carbonyl (C=O) groups is 3. The first-order valence-corrected chi connectivity index (χ1v) is 12.0. The van der Waals surface area contributed by atoms with Gasteiger partial charge in [-0.05, 0) is 44.4 Å². The molecule has 1 atom stereocenters. The van der Waals surface area contributed by atoms with Crippen molar-refractivity contribution in [3.63, 3.8) is 0 Å². The van der Waals surface area contributed by atoms with E-state index in [0.29, 0.717) is 11.8 Å². The molecule has 3 rings (SSSR count). The van der Waals surface area contributed by atoms with Gasteiger partial charge in [-0.2, -0.15) is 0 Å². The third-order valence-corrected chi connectivity index (χ3v) is 5.36. The van der Waals surface area contributed by atoms with Gasteiger partial charge in [0, 0.05) is 17.5 Å². The molecular formula is C27H28ClNO8. The Morgan fingerprint density at radius 3 is 2.43 bits per heavy atom. The number of ether oxygens (including phenoxy) is 3. The Morgan fingerprint density at radius 1 is 1.08 bits per heavy atom. The van der Waals surface area contributed by atoms with Crippen LogP contribution >= 0.6 is 11.6 Å². The summed E-state index contributed by atoms with van der Waals surface area (Å²) in [7, 11) is 0. The summed E-state index contributed by atoms with van der Waals surface area (Å²) in [5, 5.41) is 3.03. The van der Waals surface area contributed by atoms with Gasteiger partial charge in [0.05, 0.1) is 11.4 Å². The van der Waals surface area contributed by atoms with Crippen LogP contribution in [0.5, 0.6) is 5.75 Å². The number of aryl methyl sites for hydroxylation is 1. The molecule has 0 aliphatic rings. The SMILES string of the molecule is CCc1cc(=O)oc2cc(OC(=O)C(CC(=O)OCc3ccccc3)NC(=O)OC(C)(C)C)c(Cl)cc12. The average molecular weight is 530 g/mol. The van der Waals surface area contributed by atoms with Gasteiger partial charge in [-0.25, -0.2) is 14.4 Å². The molecule has 10 heteroatoms. The van der Waals surface area contributed by atoms with Crippen LogP contribution in [0.3, 0.4) is 0 Å². The van der Waals surface area contributed by atoms with Gasteiger partial charge in [0.25, 0.3) is 0 Å². The lowest BCUT2D eigenvalue weighted by molar-refractivity contribution is -0.149. The van der Waals surface area contributed by atoms with Gasteiger partial charge < -0.3 is 23.9 Å². The van der Waals surface area contributed by atoms with E-state index in [2.05, 4.69) is 5.32 Å². The van der Waals surface area contributed by atoms with Crippen molar-refractivity contribution in [1.29, 1.82) is 0 Å². The Morgan fingerprint density at radius 2 is 1.78 bits per heavy atom. The Bertz CT molecular complexity index is 1340. The first kappa shape index (κ1) is 27.7. The zero-order valence-electron chi connectivity index (χ0n) is 21.0. The van der Waals surface area contributed by atoms with Crippen molar-refractivity contribution >= 4 is 40.6 Å². The number of carbonyl (C=O) groups excluding carboxylic acids is 3. The Hall–Kier alpha value is -3.85. The molecule has 3 aromatic rings. The number of hydrogen-bond donors (Lipinski definition) is 1. The molecule has 0 saturated carbocycles. The molecule has 37 heavy (non-hydrogen) atoms. The molecule has 1 heterocycles. The lowest BCUT2D eigenvalue weighted by Gasteiger charge is -2.22. The van der Waals surface area contributed by atoms with E-state index < -0.39 is 41.7 Å². The second-order valence-corrected chi connectivity index (χ2v) is 9.60. The zero-order chi connectivity index (χ0) is 27.2. The van der Waals surface area contributed by atoms with Gasteiger partial charge in [0.15, 0.2) is 5.75 Å². The summed E-state index contributed by atoms with van der Waals surface area (Å²) < 4.78 is 21.1. The molecule has 0 spiro atoms. The van der Waals surface area contributed by atoms with Gasteiger partial charge in [0.2, 0.25) is 0 Å². The molecule has 1 aromatic heterocycles. The van der Waals surface area contributed by atoms with Crippen molar-refractivity contribution in [1.82, 2.24) is 5.32 Å². The monoisotopic (exact) mass is 529 g/mol. The minimum absolute atomic E-state index is 0.0107. The maximum Gasteiger partial charge on any atom is 0.408 e. The van der Waals surface area contributed by atoms with Gasteiger partial charge in [0.1, 0.15) is 23.8 Å². The highest BCUT2D eigenvalue weighted by Gasteiger charge is 2.29. The number of fused-ring (bicyclic) bond motifs is 1. The summed E-state index contributed by atoms with van der Waals surface area (Å²) in [6, 6.07) is 11.7. The van der Waals surface area contributed by atoms with E-state index in [4.69, 9.17) is 30.2 Å². The standard InChI is InChI=1S/C27H28ClNO8/c1-5-17-11-24(31)35-21-14-22(19(28)12-18(17)21)36-25(32)20(29-26(33)37-27(2,3)4)13-23(30)34-15-16-9-7-6-8-10-16/h6-12,14,20H,5,13,15H2,1-4H3,(H,29,33). The largest absolute Gasteiger partial charge is 0.461 e.